The van der Waals surface area contributed by atoms with Crippen molar-refractivity contribution < 1.29 is 17.9 Å². The van der Waals surface area contributed by atoms with Crippen LogP contribution in [-0.2, 0) is 16.6 Å². The molecule has 0 atom stereocenters. The summed E-state index contributed by atoms with van der Waals surface area (Å²) >= 11 is 0. The molecule has 35 heavy (non-hydrogen) atoms. The van der Waals surface area contributed by atoms with Gasteiger partial charge in [-0.15, -0.1) is 0 Å². The Morgan fingerprint density at radius 1 is 0.829 bits per heavy atom. The Morgan fingerprint density at radius 3 is 2.20 bits per heavy atom. The number of aryl methyl sites for hydroxylation is 2. The maximum atomic E-state index is 12.8. The Balaban J connectivity index is 1.42. The Bertz CT molecular complexity index is 1420. The van der Waals surface area contributed by atoms with Crippen molar-refractivity contribution in [2.45, 2.75) is 25.3 Å². The molecule has 4 rings (SSSR count). The summed E-state index contributed by atoms with van der Waals surface area (Å²) in [7, 11) is -3.78. The number of carbonyl (C=O) groups excluding carboxylic acids is 1. The highest BCUT2D eigenvalue weighted by Gasteiger charge is 2.17. The molecule has 4 aromatic carbocycles. The SMILES string of the molecule is Cc1ccc(S(=O)(=O)Nc2cc(C(=O)Nc3ccc(OCc4ccccc4)cc3)ccc2C)cc1. The van der Waals surface area contributed by atoms with Gasteiger partial charge in [0.2, 0.25) is 0 Å². The number of nitrogens with one attached hydrogen (secondary N) is 2. The number of rotatable bonds is 8. The third-order valence-corrected chi connectivity index (χ3v) is 6.82. The number of ether oxygens (including phenoxy) is 1. The highest BCUT2D eigenvalue weighted by atomic mass is 32.2. The van der Waals surface area contributed by atoms with Crippen molar-refractivity contribution in [1.29, 1.82) is 0 Å². The summed E-state index contributed by atoms with van der Waals surface area (Å²) in [5, 5.41) is 2.83. The lowest BCUT2D eigenvalue weighted by Gasteiger charge is -2.13. The molecule has 7 heteroatoms. The van der Waals surface area contributed by atoms with E-state index in [1.54, 1.807) is 67.6 Å². The first-order chi connectivity index (χ1) is 16.8. The Hall–Kier alpha value is -4.10. The van der Waals surface area contributed by atoms with Gasteiger partial charge in [-0.25, -0.2) is 8.42 Å². The molecule has 0 heterocycles. The molecule has 0 aliphatic rings. The predicted octanol–water partition coefficient (Wildman–Crippen LogP) is 5.94. The number of amides is 1. The zero-order chi connectivity index (χ0) is 24.8. The van der Waals surface area contributed by atoms with Gasteiger partial charge in [0.15, 0.2) is 0 Å². The van der Waals surface area contributed by atoms with E-state index in [9.17, 15) is 13.2 Å². The molecular formula is C28H26N2O4S. The van der Waals surface area contributed by atoms with Gasteiger partial charge in [0.25, 0.3) is 15.9 Å². The lowest BCUT2D eigenvalue weighted by atomic mass is 10.1. The first kappa shape index (κ1) is 24.0. The number of carbonyl (C=O) groups is 1. The van der Waals surface area contributed by atoms with E-state index in [1.807, 2.05) is 37.3 Å². The van der Waals surface area contributed by atoms with Crippen molar-refractivity contribution in [1.82, 2.24) is 0 Å². The molecule has 0 spiro atoms. The normalized spacial score (nSPS) is 11.0. The summed E-state index contributed by atoms with van der Waals surface area (Å²) in [6.45, 7) is 4.13. The van der Waals surface area contributed by atoms with Crippen LogP contribution < -0.4 is 14.8 Å². The summed E-state index contributed by atoms with van der Waals surface area (Å²) in [6, 6.07) is 28.4. The molecule has 0 fully saturated rings. The van der Waals surface area contributed by atoms with Gasteiger partial charge in [-0.2, -0.15) is 0 Å². The number of hydrogen-bond donors (Lipinski definition) is 2. The predicted molar refractivity (Wildman–Crippen MR) is 138 cm³/mol. The number of anilines is 2. The van der Waals surface area contributed by atoms with Crippen LogP contribution in [0.5, 0.6) is 5.75 Å². The second-order valence-electron chi connectivity index (χ2n) is 8.20. The van der Waals surface area contributed by atoms with Crippen molar-refractivity contribution in [3.8, 4) is 5.75 Å². The molecule has 0 bridgehead atoms. The molecule has 0 unspecified atom stereocenters. The second kappa shape index (κ2) is 10.4. The highest BCUT2D eigenvalue weighted by molar-refractivity contribution is 7.92. The molecule has 0 aliphatic carbocycles. The van der Waals surface area contributed by atoms with E-state index < -0.39 is 10.0 Å². The molecule has 1 amide bonds. The fourth-order valence-electron chi connectivity index (χ4n) is 3.37. The van der Waals surface area contributed by atoms with Gasteiger partial charge in [0.05, 0.1) is 10.6 Å². The number of sulfonamides is 1. The summed E-state index contributed by atoms with van der Waals surface area (Å²) in [4.78, 5) is 13.0. The molecule has 0 radical (unpaired) electrons. The largest absolute Gasteiger partial charge is 0.489 e. The van der Waals surface area contributed by atoms with Gasteiger partial charge in [-0.1, -0.05) is 54.1 Å². The minimum atomic E-state index is -3.78. The number of hydrogen-bond acceptors (Lipinski definition) is 4. The fourth-order valence-corrected chi connectivity index (χ4v) is 4.49. The van der Waals surface area contributed by atoms with Gasteiger partial charge in [-0.05, 0) is 73.5 Å². The van der Waals surface area contributed by atoms with Crippen molar-refractivity contribution in [3.05, 3.63) is 119 Å². The minimum absolute atomic E-state index is 0.159. The molecule has 0 aliphatic heterocycles. The standard InChI is InChI=1S/C28H26N2O4S/c1-20-8-16-26(17-9-20)35(32,33)30-27-18-23(11-10-21(27)2)28(31)29-24-12-14-25(15-13-24)34-19-22-6-4-3-5-7-22/h3-18,30H,19H2,1-2H3,(H,29,31). The Morgan fingerprint density at radius 2 is 1.51 bits per heavy atom. The third kappa shape index (κ3) is 6.28. The summed E-state index contributed by atoms with van der Waals surface area (Å²) in [6.07, 6.45) is 0. The van der Waals surface area contributed by atoms with Gasteiger partial charge in [0.1, 0.15) is 12.4 Å². The van der Waals surface area contributed by atoms with E-state index in [0.29, 0.717) is 34.9 Å². The maximum Gasteiger partial charge on any atom is 0.261 e. The lowest BCUT2D eigenvalue weighted by molar-refractivity contribution is 0.102. The van der Waals surface area contributed by atoms with Crippen LogP contribution in [0.25, 0.3) is 0 Å². The molecular weight excluding hydrogens is 460 g/mol. The Kier molecular flexibility index (Phi) is 7.17. The Labute approximate surface area is 205 Å². The van der Waals surface area contributed by atoms with E-state index >= 15 is 0 Å². The van der Waals surface area contributed by atoms with Crippen molar-refractivity contribution in [2.24, 2.45) is 0 Å². The van der Waals surface area contributed by atoms with Crippen LogP contribution in [0, 0.1) is 13.8 Å². The van der Waals surface area contributed by atoms with Crippen LogP contribution in [0.4, 0.5) is 11.4 Å². The van der Waals surface area contributed by atoms with E-state index in [0.717, 1.165) is 11.1 Å². The first-order valence-electron chi connectivity index (χ1n) is 11.1. The molecule has 0 saturated carbocycles. The lowest BCUT2D eigenvalue weighted by Crippen LogP contribution is -2.16. The van der Waals surface area contributed by atoms with Crippen molar-refractivity contribution in [3.63, 3.8) is 0 Å². The van der Waals surface area contributed by atoms with Gasteiger partial charge in [-0.3, -0.25) is 9.52 Å². The molecule has 0 aromatic heterocycles. The van der Waals surface area contributed by atoms with Crippen molar-refractivity contribution >= 4 is 27.3 Å². The molecule has 0 saturated heterocycles. The van der Waals surface area contributed by atoms with E-state index in [1.165, 1.54) is 6.07 Å². The van der Waals surface area contributed by atoms with Crippen LogP contribution in [0.3, 0.4) is 0 Å². The molecule has 4 aromatic rings. The fraction of sp³-hybridized carbons (Fsp3) is 0.107. The highest BCUT2D eigenvalue weighted by Crippen LogP contribution is 2.23. The molecule has 6 nitrogen and oxygen atoms in total. The van der Waals surface area contributed by atoms with Crippen LogP contribution in [0.15, 0.2) is 102 Å². The third-order valence-electron chi connectivity index (χ3n) is 5.44. The minimum Gasteiger partial charge on any atom is -0.489 e. The van der Waals surface area contributed by atoms with Gasteiger partial charge < -0.3 is 10.1 Å². The van der Waals surface area contributed by atoms with Crippen molar-refractivity contribution in [2.75, 3.05) is 10.0 Å². The van der Waals surface area contributed by atoms with Crippen LogP contribution in [0.1, 0.15) is 27.0 Å². The first-order valence-corrected chi connectivity index (χ1v) is 12.6. The zero-order valence-electron chi connectivity index (χ0n) is 19.5. The van der Waals surface area contributed by atoms with Crippen LogP contribution in [0.2, 0.25) is 0 Å². The zero-order valence-corrected chi connectivity index (χ0v) is 20.3. The van der Waals surface area contributed by atoms with Crippen LogP contribution in [-0.4, -0.2) is 14.3 Å². The molecule has 2 N–H and O–H groups in total. The van der Waals surface area contributed by atoms with Crippen LogP contribution >= 0.6 is 0 Å². The van der Waals surface area contributed by atoms with Gasteiger partial charge >= 0.3 is 0 Å². The van der Waals surface area contributed by atoms with Gasteiger partial charge in [0, 0.05) is 11.3 Å². The average Bonchev–Trinajstić information content (AvgIpc) is 2.85. The van der Waals surface area contributed by atoms with E-state index in [4.69, 9.17) is 4.74 Å². The second-order valence-corrected chi connectivity index (χ2v) is 9.88. The monoisotopic (exact) mass is 486 g/mol. The quantitative estimate of drug-likeness (QED) is 0.323. The number of benzene rings is 4. The summed E-state index contributed by atoms with van der Waals surface area (Å²) in [5.74, 6) is 0.341. The maximum absolute atomic E-state index is 12.8. The summed E-state index contributed by atoms with van der Waals surface area (Å²) in [5.41, 5.74) is 4.03. The smallest absolute Gasteiger partial charge is 0.261 e. The molecule has 178 valence electrons. The average molecular weight is 487 g/mol. The summed E-state index contributed by atoms with van der Waals surface area (Å²) < 4.78 is 33.9. The van der Waals surface area contributed by atoms with E-state index in [-0.39, 0.29) is 10.8 Å². The van der Waals surface area contributed by atoms with E-state index in [2.05, 4.69) is 10.0 Å². The topological polar surface area (TPSA) is 84.5 Å².